The fourth-order valence-corrected chi connectivity index (χ4v) is 6.29. The molecule has 1 N–H and O–H groups in total. The van der Waals surface area contributed by atoms with Crippen molar-refractivity contribution in [1.29, 1.82) is 5.26 Å². The number of nitrogens with zero attached hydrogens (tertiary/aromatic N) is 5. The van der Waals surface area contributed by atoms with Crippen LogP contribution in [0.2, 0.25) is 5.02 Å². The molecule has 0 spiro atoms. The average molecular weight is 614 g/mol. The van der Waals surface area contributed by atoms with Gasteiger partial charge in [0.15, 0.2) is 0 Å². The number of fused-ring (bicyclic) bond motifs is 1. The van der Waals surface area contributed by atoms with E-state index in [-0.39, 0.29) is 41.9 Å². The lowest BCUT2D eigenvalue weighted by atomic mass is 9.84. The van der Waals surface area contributed by atoms with E-state index in [1.807, 2.05) is 6.07 Å². The van der Waals surface area contributed by atoms with E-state index in [2.05, 4.69) is 10.1 Å². The van der Waals surface area contributed by atoms with E-state index in [1.54, 1.807) is 67.3 Å². The summed E-state index contributed by atoms with van der Waals surface area (Å²) in [5.41, 5.74) is -1.78. The minimum absolute atomic E-state index is 0.00993. The lowest BCUT2D eigenvalue weighted by molar-refractivity contribution is -0.149. The molecule has 1 aliphatic heterocycles. The molecular formula is C33H29ClFN5O4. The topological polar surface area (TPSA) is 121 Å². The Labute approximate surface area is 258 Å². The molecule has 2 aromatic carbocycles. The summed E-state index contributed by atoms with van der Waals surface area (Å²) >= 11 is 6.24. The van der Waals surface area contributed by atoms with Crippen LogP contribution in [-0.4, -0.2) is 42.6 Å². The summed E-state index contributed by atoms with van der Waals surface area (Å²) in [6.45, 7) is 1.65. The maximum absolute atomic E-state index is 16.8. The number of hydrogen-bond acceptors (Lipinski definition) is 7. The van der Waals surface area contributed by atoms with E-state index in [9.17, 15) is 20.0 Å². The third-order valence-electron chi connectivity index (χ3n) is 8.46. The number of hydrogen-bond donors (Lipinski definition) is 1. The first kappa shape index (κ1) is 29.6. The molecule has 3 atom stereocenters. The van der Waals surface area contributed by atoms with Gasteiger partial charge in [-0.2, -0.15) is 10.4 Å². The molecule has 6 rings (SSSR count). The van der Waals surface area contributed by atoms with Crippen molar-refractivity contribution in [2.45, 2.75) is 56.6 Å². The Morgan fingerprint density at radius 1 is 1.20 bits per heavy atom. The van der Waals surface area contributed by atoms with Gasteiger partial charge >= 0.3 is 0 Å². The number of carbonyl (C=O) groups is 2. The molecule has 3 heterocycles. The maximum atomic E-state index is 16.8. The number of pyridine rings is 1. The summed E-state index contributed by atoms with van der Waals surface area (Å²) in [5.74, 6) is -1.29. The molecule has 2 aromatic heterocycles. The van der Waals surface area contributed by atoms with Crippen molar-refractivity contribution in [2.75, 3.05) is 0 Å². The monoisotopic (exact) mass is 613 g/mol. The van der Waals surface area contributed by atoms with Crippen molar-refractivity contribution in [3.05, 3.63) is 117 Å². The van der Waals surface area contributed by atoms with E-state index >= 15 is 4.39 Å². The zero-order valence-corrected chi connectivity index (χ0v) is 24.9. The van der Waals surface area contributed by atoms with Gasteiger partial charge in [0.1, 0.15) is 23.3 Å². The lowest BCUT2D eigenvalue weighted by Gasteiger charge is -2.41. The van der Waals surface area contributed by atoms with Crippen LogP contribution < -0.4 is 0 Å². The smallest absolute Gasteiger partial charge is 0.257 e. The van der Waals surface area contributed by atoms with Gasteiger partial charge in [-0.25, -0.2) is 4.39 Å². The van der Waals surface area contributed by atoms with E-state index in [1.165, 1.54) is 23.2 Å². The van der Waals surface area contributed by atoms with Gasteiger partial charge in [-0.1, -0.05) is 30.7 Å². The van der Waals surface area contributed by atoms with Crippen LogP contribution in [0.15, 0.2) is 67.0 Å². The van der Waals surface area contributed by atoms with Gasteiger partial charge in [-0.3, -0.25) is 24.2 Å². The summed E-state index contributed by atoms with van der Waals surface area (Å²) in [7, 11) is 1.72. The number of rotatable bonds is 8. The van der Waals surface area contributed by atoms with E-state index in [0.29, 0.717) is 40.4 Å². The zero-order valence-electron chi connectivity index (χ0n) is 24.1. The Morgan fingerprint density at radius 2 is 1.98 bits per heavy atom. The van der Waals surface area contributed by atoms with Crippen molar-refractivity contribution in [3.8, 4) is 6.07 Å². The molecule has 44 heavy (non-hydrogen) atoms. The van der Waals surface area contributed by atoms with Gasteiger partial charge in [0.2, 0.25) is 5.72 Å². The molecule has 0 bridgehead atoms. The molecule has 1 saturated carbocycles. The standard InChI is InChI=1S/C33H29ClFN5O4/c1-3-32(43,29-12-13-39(2)38-29)22-14-27-30(28(35)15-22)33(21-5-7-23(34)8-6-21,44-26-11-10-25(41)16-26)40(31(27)42)19-24-9-4-20(17-36)18-37-24/h4-9,12-15,18,26,43H,3,10-11,16,19H2,1-2H3/t26-,32?,33+/m0/s1. The molecule has 9 nitrogen and oxygen atoms in total. The minimum Gasteiger partial charge on any atom is -0.379 e. The Bertz CT molecular complexity index is 1800. The Balaban J connectivity index is 1.58. The summed E-state index contributed by atoms with van der Waals surface area (Å²) in [5, 5.41) is 25.9. The third kappa shape index (κ3) is 4.87. The number of ether oxygens (including phenoxy) is 1. The fraction of sp³-hybridized carbons (Fsp3) is 0.303. The van der Waals surface area contributed by atoms with Gasteiger partial charge in [0, 0.05) is 42.9 Å². The first-order valence-electron chi connectivity index (χ1n) is 14.3. The Kier molecular flexibility index (Phi) is 7.58. The molecule has 11 heteroatoms. The van der Waals surface area contributed by atoms with Crippen LogP contribution in [0, 0.1) is 17.1 Å². The van der Waals surface area contributed by atoms with Crippen molar-refractivity contribution in [2.24, 2.45) is 7.05 Å². The molecule has 1 fully saturated rings. The summed E-state index contributed by atoms with van der Waals surface area (Å²) in [4.78, 5) is 32.6. The van der Waals surface area contributed by atoms with Gasteiger partial charge in [0.05, 0.1) is 40.7 Å². The molecular weight excluding hydrogens is 585 g/mol. The highest BCUT2D eigenvalue weighted by Crippen LogP contribution is 2.50. The highest BCUT2D eigenvalue weighted by Gasteiger charge is 2.56. The first-order chi connectivity index (χ1) is 21.1. The van der Waals surface area contributed by atoms with Crippen molar-refractivity contribution in [1.82, 2.24) is 19.7 Å². The number of carbonyl (C=O) groups excluding carboxylic acids is 2. The van der Waals surface area contributed by atoms with Crippen LogP contribution in [0.5, 0.6) is 0 Å². The van der Waals surface area contributed by atoms with Gasteiger partial charge in [-0.15, -0.1) is 0 Å². The Hall–Kier alpha value is -4.43. The second-order valence-corrected chi connectivity index (χ2v) is 11.6. The van der Waals surface area contributed by atoms with E-state index < -0.39 is 29.2 Å². The molecule has 224 valence electrons. The molecule has 2 aliphatic rings. The number of benzene rings is 2. The number of aryl methyl sites for hydroxylation is 1. The van der Waals surface area contributed by atoms with Crippen LogP contribution in [0.1, 0.15) is 76.6 Å². The average Bonchev–Trinajstić information content (AvgIpc) is 3.71. The number of nitriles is 1. The number of halogens is 2. The number of amides is 1. The third-order valence-corrected chi connectivity index (χ3v) is 8.71. The number of Topliss-reactive ketones (excluding diaryl/α,β-unsaturated/α-hetero) is 1. The molecule has 0 saturated heterocycles. The van der Waals surface area contributed by atoms with E-state index in [4.69, 9.17) is 16.3 Å². The number of aliphatic hydroxyl groups is 1. The van der Waals surface area contributed by atoms with Gasteiger partial charge < -0.3 is 9.84 Å². The van der Waals surface area contributed by atoms with Gasteiger partial charge in [0.25, 0.3) is 5.91 Å². The van der Waals surface area contributed by atoms with Crippen LogP contribution in [-0.2, 0) is 34.4 Å². The van der Waals surface area contributed by atoms with Crippen molar-refractivity contribution in [3.63, 3.8) is 0 Å². The van der Waals surface area contributed by atoms with Crippen LogP contribution >= 0.6 is 11.6 Å². The zero-order chi connectivity index (χ0) is 31.2. The SMILES string of the molecule is CCC(O)(c1cc(F)c2c(c1)C(=O)N(Cc1ccc(C#N)cn1)[C@@]2(O[C@H]1CCC(=O)C1)c1ccc(Cl)cc1)c1ccn(C)n1. The minimum atomic E-state index is -1.79. The summed E-state index contributed by atoms with van der Waals surface area (Å²) in [6, 6.07) is 16.2. The van der Waals surface area contributed by atoms with Gasteiger partial charge in [-0.05, 0) is 60.9 Å². The van der Waals surface area contributed by atoms with Crippen LogP contribution in [0.25, 0.3) is 0 Å². The molecule has 1 aliphatic carbocycles. The predicted octanol–water partition coefficient (Wildman–Crippen LogP) is 5.12. The Morgan fingerprint density at radius 3 is 2.57 bits per heavy atom. The van der Waals surface area contributed by atoms with Crippen LogP contribution in [0.4, 0.5) is 4.39 Å². The highest BCUT2D eigenvalue weighted by molar-refractivity contribution is 6.30. The van der Waals surface area contributed by atoms with Crippen molar-refractivity contribution < 1.29 is 23.8 Å². The first-order valence-corrected chi connectivity index (χ1v) is 14.7. The second-order valence-electron chi connectivity index (χ2n) is 11.2. The maximum Gasteiger partial charge on any atom is 0.257 e. The molecule has 1 unspecified atom stereocenters. The summed E-state index contributed by atoms with van der Waals surface area (Å²) in [6.07, 6.45) is 3.50. The predicted molar refractivity (Wildman–Crippen MR) is 158 cm³/mol. The molecule has 0 radical (unpaired) electrons. The number of aromatic nitrogens is 3. The largest absolute Gasteiger partial charge is 0.379 e. The fourth-order valence-electron chi connectivity index (χ4n) is 6.17. The summed E-state index contributed by atoms with van der Waals surface area (Å²) < 4.78 is 25.1. The second kappa shape index (κ2) is 11.2. The number of ketones is 1. The van der Waals surface area contributed by atoms with Crippen molar-refractivity contribution >= 4 is 23.3 Å². The lowest BCUT2D eigenvalue weighted by Crippen LogP contribution is -2.48. The van der Waals surface area contributed by atoms with E-state index in [0.717, 1.165) is 0 Å². The normalized spacial score (nSPS) is 20.9. The quantitative estimate of drug-likeness (QED) is 0.293. The van der Waals surface area contributed by atoms with Crippen LogP contribution in [0.3, 0.4) is 0 Å². The molecule has 1 amide bonds. The molecule has 4 aromatic rings. The highest BCUT2D eigenvalue weighted by atomic mass is 35.5.